The van der Waals surface area contributed by atoms with Crippen molar-refractivity contribution in [2.24, 2.45) is 0 Å². The van der Waals surface area contributed by atoms with Crippen molar-refractivity contribution in [1.82, 2.24) is 4.90 Å². The zero-order valence-corrected chi connectivity index (χ0v) is 13.5. The molecular weight excluding hydrogens is 290 g/mol. The average molecular weight is 311 g/mol. The van der Waals surface area contributed by atoms with Gasteiger partial charge in [-0.15, -0.1) is 0 Å². The van der Waals surface area contributed by atoms with E-state index < -0.39 is 5.97 Å². The maximum atomic E-state index is 12.3. The number of hydrogen-bond acceptors (Lipinski definition) is 2. The smallest absolute Gasteiger partial charge is 0.335 e. The molecule has 0 aliphatic rings. The summed E-state index contributed by atoms with van der Waals surface area (Å²) in [6.45, 7) is 2.59. The number of carbonyl (C=O) groups is 2. The first-order valence-corrected chi connectivity index (χ1v) is 7.58. The number of aryl methyl sites for hydroxylation is 2. The van der Waals surface area contributed by atoms with Crippen LogP contribution in [0.15, 0.2) is 48.5 Å². The molecule has 0 aromatic heterocycles. The summed E-state index contributed by atoms with van der Waals surface area (Å²) in [4.78, 5) is 25.2. The Kier molecular flexibility index (Phi) is 5.52. The van der Waals surface area contributed by atoms with E-state index in [0.29, 0.717) is 24.9 Å². The molecule has 0 atom stereocenters. The van der Waals surface area contributed by atoms with Gasteiger partial charge >= 0.3 is 5.97 Å². The van der Waals surface area contributed by atoms with E-state index in [1.807, 2.05) is 31.2 Å². The average Bonchev–Trinajstić information content (AvgIpc) is 2.54. The maximum Gasteiger partial charge on any atom is 0.335 e. The maximum absolute atomic E-state index is 12.3. The van der Waals surface area contributed by atoms with Gasteiger partial charge in [-0.2, -0.15) is 0 Å². The second-order valence-electron chi connectivity index (χ2n) is 5.64. The molecule has 0 aliphatic carbocycles. The van der Waals surface area contributed by atoms with Gasteiger partial charge in [-0.25, -0.2) is 4.79 Å². The van der Waals surface area contributed by atoms with Gasteiger partial charge in [-0.05, 0) is 36.1 Å². The number of carbonyl (C=O) groups excluding carboxylic acids is 1. The Balaban J connectivity index is 1.97. The molecule has 0 spiro atoms. The van der Waals surface area contributed by atoms with Gasteiger partial charge in [0.25, 0.3) is 0 Å². The van der Waals surface area contributed by atoms with Crippen LogP contribution in [0, 0.1) is 6.92 Å². The predicted molar refractivity (Wildman–Crippen MR) is 89.4 cm³/mol. The van der Waals surface area contributed by atoms with Crippen molar-refractivity contribution in [3.63, 3.8) is 0 Å². The molecule has 0 aliphatic heterocycles. The van der Waals surface area contributed by atoms with Gasteiger partial charge in [-0.1, -0.05) is 42.5 Å². The highest BCUT2D eigenvalue weighted by molar-refractivity contribution is 5.89. The summed E-state index contributed by atoms with van der Waals surface area (Å²) in [5, 5.41) is 9.17. The lowest BCUT2D eigenvalue weighted by molar-refractivity contribution is -0.130. The minimum atomic E-state index is -0.957. The number of amides is 1. The molecule has 4 heteroatoms. The summed E-state index contributed by atoms with van der Waals surface area (Å²) >= 11 is 0. The fourth-order valence-corrected chi connectivity index (χ4v) is 2.51. The molecule has 1 amide bonds. The van der Waals surface area contributed by atoms with Crippen LogP contribution in [0.1, 0.15) is 33.5 Å². The lowest BCUT2D eigenvalue weighted by Crippen LogP contribution is -2.26. The third kappa shape index (κ3) is 4.42. The van der Waals surface area contributed by atoms with Crippen LogP contribution in [0.4, 0.5) is 0 Å². The fourth-order valence-electron chi connectivity index (χ4n) is 2.51. The van der Waals surface area contributed by atoms with Crippen LogP contribution in [-0.4, -0.2) is 28.9 Å². The Hall–Kier alpha value is -2.62. The van der Waals surface area contributed by atoms with E-state index in [4.69, 9.17) is 0 Å². The van der Waals surface area contributed by atoms with Gasteiger partial charge in [0.15, 0.2) is 0 Å². The molecule has 0 bridgehead atoms. The van der Waals surface area contributed by atoms with Gasteiger partial charge in [0, 0.05) is 20.0 Å². The van der Waals surface area contributed by atoms with Crippen molar-refractivity contribution in [3.8, 4) is 0 Å². The van der Waals surface area contributed by atoms with Gasteiger partial charge < -0.3 is 10.0 Å². The number of rotatable bonds is 6. The van der Waals surface area contributed by atoms with E-state index in [1.54, 1.807) is 36.2 Å². The SMILES string of the molecule is Cc1ccccc1CN(C)C(=O)CCc1ccccc1C(=O)O. The zero-order chi connectivity index (χ0) is 16.8. The van der Waals surface area contributed by atoms with E-state index in [-0.39, 0.29) is 11.5 Å². The van der Waals surface area contributed by atoms with E-state index in [2.05, 4.69) is 0 Å². The van der Waals surface area contributed by atoms with Crippen LogP contribution in [0.25, 0.3) is 0 Å². The van der Waals surface area contributed by atoms with Gasteiger partial charge in [-0.3, -0.25) is 4.79 Å². The molecule has 0 fully saturated rings. The third-order valence-corrected chi connectivity index (χ3v) is 3.95. The summed E-state index contributed by atoms with van der Waals surface area (Å²) in [5.74, 6) is -0.949. The highest BCUT2D eigenvalue weighted by Gasteiger charge is 2.13. The van der Waals surface area contributed by atoms with Crippen molar-refractivity contribution in [3.05, 3.63) is 70.8 Å². The second kappa shape index (κ2) is 7.58. The van der Waals surface area contributed by atoms with Gasteiger partial charge in [0.1, 0.15) is 0 Å². The van der Waals surface area contributed by atoms with Crippen molar-refractivity contribution in [2.75, 3.05) is 7.05 Å². The standard InChI is InChI=1S/C19H21NO3/c1-14-7-3-4-9-16(14)13-20(2)18(21)12-11-15-8-5-6-10-17(15)19(22)23/h3-10H,11-13H2,1-2H3,(H,22,23). The van der Waals surface area contributed by atoms with Crippen LogP contribution < -0.4 is 0 Å². The largest absolute Gasteiger partial charge is 0.478 e. The molecular formula is C19H21NO3. The lowest BCUT2D eigenvalue weighted by Gasteiger charge is -2.18. The molecule has 0 unspecified atom stereocenters. The number of carboxylic acids is 1. The number of nitrogens with zero attached hydrogens (tertiary/aromatic N) is 1. The van der Waals surface area contributed by atoms with Crippen LogP contribution >= 0.6 is 0 Å². The van der Waals surface area contributed by atoms with E-state index in [0.717, 1.165) is 11.1 Å². The third-order valence-electron chi connectivity index (χ3n) is 3.95. The molecule has 23 heavy (non-hydrogen) atoms. The summed E-state index contributed by atoms with van der Waals surface area (Å²) in [6, 6.07) is 14.8. The molecule has 1 N–H and O–H groups in total. The lowest BCUT2D eigenvalue weighted by atomic mass is 10.0. The molecule has 0 radical (unpaired) electrons. The monoisotopic (exact) mass is 311 g/mol. The quantitative estimate of drug-likeness (QED) is 0.890. The minimum absolute atomic E-state index is 0.00782. The summed E-state index contributed by atoms with van der Waals surface area (Å²) in [6.07, 6.45) is 0.728. The molecule has 120 valence electrons. The molecule has 0 saturated heterocycles. The van der Waals surface area contributed by atoms with Crippen molar-refractivity contribution in [2.45, 2.75) is 26.3 Å². The van der Waals surface area contributed by atoms with Crippen LogP contribution in [0.3, 0.4) is 0 Å². The van der Waals surface area contributed by atoms with Crippen LogP contribution in [0.2, 0.25) is 0 Å². The number of benzene rings is 2. The van der Waals surface area contributed by atoms with E-state index >= 15 is 0 Å². The molecule has 2 aromatic carbocycles. The van der Waals surface area contributed by atoms with Crippen molar-refractivity contribution >= 4 is 11.9 Å². The first-order chi connectivity index (χ1) is 11.0. The first-order valence-electron chi connectivity index (χ1n) is 7.58. The molecule has 4 nitrogen and oxygen atoms in total. The van der Waals surface area contributed by atoms with E-state index in [1.165, 1.54) is 0 Å². The molecule has 0 saturated carbocycles. The normalized spacial score (nSPS) is 10.3. The van der Waals surface area contributed by atoms with Crippen molar-refractivity contribution in [1.29, 1.82) is 0 Å². The highest BCUT2D eigenvalue weighted by Crippen LogP contribution is 2.14. The van der Waals surface area contributed by atoms with Gasteiger partial charge in [0.05, 0.1) is 5.56 Å². The number of aromatic carboxylic acids is 1. The predicted octanol–water partition coefficient (Wildman–Crippen LogP) is 3.28. The Bertz CT molecular complexity index is 709. The highest BCUT2D eigenvalue weighted by atomic mass is 16.4. The molecule has 2 aromatic rings. The first kappa shape index (κ1) is 16.7. The van der Waals surface area contributed by atoms with Gasteiger partial charge in [0.2, 0.25) is 5.91 Å². The van der Waals surface area contributed by atoms with Crippen molar-refractivity contribution < 1.29 is 14.7 Å². The van der Waals surface area contributed by atoms with Crippen LogP contribution in [-0.2, 0) is 17.8 Å². The number of carboxylic acid groups (broad SMARTS) is 1. The Morgan fingerprint density at radius 3 is 2.26 bits per heavy atom. The Morgan fingerprint density at radius 1 is 1.00 bits per heavy atom. The van der Waals surface area contributed by atoms with Crippen LogP contribution in [0.5, 0.6) is 0 Å². The topological polar surface area (TPSA) is 57.6 Å². The van der Waals surface area contributed by atoms with E-state index in [9.17, 15) is 14.7 Å². The summed E-state index contributed by atoms with van der Waals surface area (Å²) in [5.41, 5.74) is 3.23. The zero-order valence-electron chi connectivity index (χ0n) is 13.5. The number of hydrogen-bond donors (Lipinski definition) is 1. The summed E-state index contributed by atoms with van der Waals surface area (Å²) < 4.78 is 0. The Morgan fingerprint density at radius 2 is 1.61 bits per heavy atom. The second-order valence-corrected chi connectivity index (χ2v) is 5.64. The Labute approximate surface area is 136 Å². The summed E-state index contributed by atoms with van der Waals surface area (Å²) in [7, 11) is 1.78. The fraction of sp³-hybridized carbons (Fsp3) is 0.263. The molecule has 0 heterocycles. The molecule has 2 rings (SSSR count). The minimum Gasteiger partial charge on any atom is -0.478 e.